The number of rotatable bonds is 5. The molecule has 1 fully saturated rings. The third kappa shape index (κ3) is 5.20. The first-order valence-electron chi connectivity index (χ1n) is 9.42. The average Bonchev–Trinajstić information content (AvgIpc) is 2.67. The van der Waals surface area contributed by atoms with Crippen LogP contribution in [0.25, 0.3) is 0 Å². The zero-order valence-corrected chi connectivity index (χ0v) is 16.3. The van der Waals surface area contributed by atoms with E-state index in [9.17, 15) is 4.79 Å². The molecule has 1 atom stereocenters. The second-order valence-corrected chi connectivity index (χ2v) is 7.21. The molecule has 2 aromatic rings. The van der Waals surface area contributed by atoms with Crippen molar-refractivity contribution in [3.63, 3.8) is 0 Å². The van der Waals surface area contributed by atoms with E-state index in [1.165, 1.54) is 0 Å². The Balaban J connectivity index is 1.62. The number of nitrogens with one attached hydrogen (secondary N) is 1. The molecule has 3 rings (SSSR count). The minimum Gasteiger partial charge on any atom is -0.475 e. The van der Waals surface area contributed by atoms with Crippen LogP contribution >= 0.6 is 0 Å². The van der Waals surface area contributed by atoms with Crippen molar-refractivity contribution in [1.29, 1.82) is 0 Å². The number of carbonyl (C=O) groups excluding carboxylic acids is 1. The van der Waals surface area contributed by atoms with Crippen LogP contribution in [0, 0.1) is 0 Å². The Kier molecular flexibility index (Phi) is 6.29. The predicted molar refractivity (Wildman–Crippen MR) is 106 cm³/mol. The highest BCUT2D eigenvalue weighted by molar-refractivity contribution is 5.75. The van der Waals surface area contributed by atoms with E-state index >= 15 is 0 Å². The standard InChI is InChI=1S/C21H28N4O2/c1-16(2)27-20-10-9-17(13-22-20)14-23-21(26)25-12-11-24(3)15-19(25)18-7-5-4-6-8-18/h4-10,13,16,19H,11-12,14-15H2,1-3H3,(H,23,26). The van der Waals surface area contributed by atoms with Crippen LogP contribution < -0.4 is 10.1 Å². The van der Waals surface area contributed by atoms with Crippen molar-refractivity contribution in [2.45, 2.75) is 32.5 Å². The smallest absolute Gasteiger partial charge is 0.318 e. The summed E-state index contributed by atoms with van der Waals surface area (Å²) in [5.74, 6) is 0.600. The van der Waals surface area contributed by atoms with Crippen LogP contribution in [0.4, 0.5) is 4.79 Å². The van der Waals surface area contributed by atoms with Gasteiger partial charge in [-0.2, -0.15) is 0 Å². The molecule has 6 nitrogen and oxygen atoms in total. The maximum atomic E-state index is 12.8. The third-order valence-electron chi connectivity index (χ3n) is 4.63. The van der Waals surface area contributed by atoms with E-state index in [2.05, 4.69) is 34.4 Å². The summed E-state index contributed by atoms with van der Waals surface area (Å²) >= 11 is 0. The molecular formula is C21H28N4O2. The Morgan fingerprint density at radius 3 is 2.67 bits per heavy atom. The van der Waals surface area contributed by atoms with Crippen LogP contribution in [0.2, 0.25) is 0 Å². The number of piperazine rings is 1. The molecule has 1 aliphatic heterocycles. The summed E-state index contributed by atoms with van der Waals surface area (Å²) in [4.78, 5) is 21.3. The van der Waals surface area contributed by atoms with Crippen LogP contribution in [0.15, 0.2) is 48.7 Å². The molecule has 1 unspecified atom stereocenters. The summed E-state index contributed by atoms with van der Waals surface area (Å²) in [6.45, 7) is 6.80. The first kappa shape index (κ1) is 19.2. The Hall–Kier alpha value is -2.60. The number of hydrogen-bond acceptors (Lipinski definition) is 4. The quantitative estimate of drug-likeness (QED) is 0.881. The number of amides is 2. The number of hydrogen-bond donors (Lipinski definition) is 1. The lowest BCUT2D eigenvalue weighted by Gasteiger charge is -2.40. The van der Waals surface area contributed by atoms with Crippen molar-refractivity contribution in [3.8, 4) is 5.88 Å². The van der Waals surface area contributed by atoms with Gasteiger partial charge in [0, 0.05) is 38.4 Å². The van der Waals surface area contributed by atoms with Crippen molar-refractivity contribution in [1.82, 2.24) is 20.1 Å². The minimum atomic E-state index is -0.0422. The van der Waals surface area contributed by atoms with Gasteiger partial charge in [0.25, 0.3) is 0 Å². The molecule has 6 heteroatoms. The molecule has 1 saturated heterocycles. The van der Waals surface area contributed by atoms with E-state index in [1.807, 2.05) is 49.1 Å². The van der Waals surface area contributed by atoms with Gasteiger partial charge in [0.1, 0.15) is 0 Å². The molecule has 0 spiro atoms. The first-order valence-corrected chi connectivity index (χ1v) is 9.42. The van der Waals surface area contributed by atoms with Crippen LogP contribution in [0.1, 0.15) is 31.0 Å². The topological polar surface area (TPSA) is 57.7 Å². The number of benzene rings is 1. The maximum absolute atomic E-state index is 12.8. The summed E-state index contributed by atoms with van der Waals surface area (Å²) in [5.41, 5.74) is 2.11. The van der Waals surface area contributed by atoms with E-state index in [-0.39, 0.29) is 18.2 Å². The molecule has 0 bridgehead atoms. The molecule has 2 heterocycles. The van der Waals surface area contributed by atoms with Gasteiger partial charge in [-0.05, 0) is 32.0 Å². The molecule has 2 amide bonds. The van der Waals surface area contributed by atoms with Crippen LogP contribution in [-0.4, -0.2) is 53.6 Å². The fourth-order valence-electron chi connectivity index (χ4n) is 3.23. The van der Waals surface area contributed by atoms with Gasteiger partial charge < -0.3 is 19.9 Å². The highest BCUT2D eigenvalue weighted by atomic mass is 16.5. The van der Waals surface area contributed by atoms with Crippen LogP contribution in [-0.2, 0) is 6.54 Å². The van der Waals surface area contributed by atoms with Gasteiger partial charge in [-0.3, -0.25) is 0 Å². The lowest BCUT2D eigenvalue weighted by Crippen LogP contribution is -2.52. The number of urea groups is 1. The fraction of sp³-hybridized carbons (Fsp3) is 0.429. The average molecular weight is 368 g/mol. The van der Waals surface area contributed by atoms with Gasteiger partial charge in [0.2, 0.25) is 5.88 Å². The number of aromatic nitrogens is 1. The van der Waals surface area contributed by atoms with E-state index in [1.54, 1.807) is 6.20 Å². The van der Waals surface area contributed by atoms with Gasteiger partial charge in [0.15, 0.2) is 0 Å². The van der Waals surface area contributed by atoms with E-state index in [0.29, 0.717) is 19.0 Å². The van der Waals surface area contributed by atoms with Crippen LogP contribution in [0.5, 0.6) is 5.88 Å². The summed E-state index contributed by atoms with van der Waals surface area (Å²) < 4.78 is 5.55. The normalized spacial score (nSPS) is 17.8. The lowest BCUT2D eigenvalue weighted by atomic mass is 10.0. The molecular weight excluding hydrogens is 340 g/mol. The maximum Gasteiger partial charge on any atom is 0.318 e. The molecule has 1 N–H and O–H groups in total. The van der Waals surface area contributed by atoms with E-state index < -0.39 is 0 Å². The molecule has 0 radical (unpaired) electrons. The largest absolute Gasteiger partial charge is 0.475 e. The zero-order valence-electron chi connectivity index (χ0n) is 16.3. The van der Waals surface area contributed by atoms with Crippen molar-refractivity contribution in [2.75, 3.05) is 26.7 Å². The number of ether oxygens (including phenoxy) is 1. The van der Waals surface area contributed by atoms with Crippen molar-refractivity contribution >= 4 is 6.03 Å². The first-order chi connectivity index (χ1) is 13.0. The predicted octanol–water partition coefficient (Wildman–Crippen LogP) is 3.07. The van der Waals surface area contributed by atoms with Crippen molar-refractivity contribution < 1.29 is 9.53 Å². The number of pyridine rings is 1. The molecule has 144 valence electrons. The molecule has 27 heavy (non-hydrogen) atoms. The highest BCUT2D eigenvalue weighted by Crippen LogP contribution is 2.24. The summed E-state index contributed by atoms with van der Waals surface area (Å²) in [5, 5.41) is 3.03. The van der Waals surface area contributed by atoms with Crippen LogP contribution in [0.3, 0.4) is 0 Å². The molecule has 1 aromatic carbocycles. The van der Waals surface area contributed by atoms with Gasteiger partial charge in [-0.25, -0.2) is 9.78 Å². The molecule has 0 aliphatic carbocycles. The number of likely N-dealkylation sites (N-methyl/N-ethyl adjacent to an activating group) is 1. The second kappa shape index (κ2) is 8.86. The Morgan fingerprint density at radius 2 is 2.00 bits per heavy atom. The van der Waals surface area contributed by atoms with Gasteiger partial charge >= 0.3 is 6.03 Å². The fourth-order valence-corrected chi connectivity index (χ4v) is 3.23. The lowest BCUT2D eigenvalue weighted by molar-refractivity contribution is 0.108. The Bertz CT molecular complexity index is 734. The van der Waals surface area contributed by atoms with Crippen molar-refractivity contribution in [3.05, 3.63) is 59.8 Å². The Labute approximate surface area is 161 Å². The number of carbonyl (C=O) groups is 1. The van der Waals surface area contributed by atoms with Gasteiger partial charge in [0.05, 0.1) is 12.1 Å². The molecule has 1 aromatic heterocycles. The van der Waals surface area contributed by atoms with Gasteiger partial charge in [-0.1, -0.05) is 36.4 Å². The highest BCUT2D eigenvalue weighted by Gasteiger charge is 2.30. The SMILES string of the molecule is CC(C)Oc1ccc(CNC(=O)N2CCN(C)CC2c2ccccc2)cn1. The summed E-state index contributed by atoms with van der Waals surface area (Å²) in [6.07, 6.45) is 1.84. The summed E-state index contributed by atoms with van der Waals surface area (Å²) in [6, 6.07) is 14.0. The van der Waals surface area contributed by atoms with Crippen molar-refractivity contribution in [2.24, 2.45) is 0 Å². The minimum absolute atomic E-state index is 0.0422. The monoisotopic (exact) mass is 368 g/mol. The third-order valence-corrected chi connectivity index (χ3v) is 4.63. The second-order valence-electron chi connectivity index (χ2n) is 7.21. The molecule has 1 aliphatic rings. The number of nitrogens with zero attached hydrogens (tertiary/aromatic N) is 3. The van der Waals surface area contributed by atoms with E-state index in [0.717, 1.165) is 24.2 Å². The Morgan fingerprint density at radius 1 is 1.22 bits per heavy atom. The zero-order chi connectivity index (χ0) is 19.2. The molecule has 0 saturated carbocycles. The summed E-state index contributed by atoms with van der Waals surface area (Å²) in [7, 11) is 2.09. The van der Waals surface area contributed by atoms with E-state index in [4.69, 9.17) is 4.74 Å². The van der Waals surface area contributed by atoms with Gasteiger partial charge in [-0.15, -0.1) is 0 Å².